The summed E-state index contributed by atoms with van der Waals surface area (Å²) in [5.74, 6) is 1.54. The number of nitrogens with one attached hydrogen (secondary N) is 1. The summed E-state index contributed by atoms with van der Waals surface area (Å²) in [5.41, 5.74) is 0. The first-order chi connectivity index (χ1) is 8.63. The Hall–Kier alpha value is -1.43. The van der Waals surface area contributed by atoms with Crippen LogP contribution in [0.3, 0.4) is 0 Å². The minimum Gasteiger partial charge on any atom is -0.396 e. The topological polar surface area (TPSA) is 88.2 Å². The van der Waals surface area contributed by atoms with Crippen molar-refractivity contribution < 1.29 is 14.4 Å². The maximum absolute atomic E-state index is 11.4. The molecule has 102 valence electrons. The Kier molecular flexibility index (Phi) is 6.35. The maximum atomic E-state index is 11.4. The molecule has 0 fully saturated rings. The fourth-order valence-electron chi connectivity index (χ4n) is 1.40. The van der Waals surface area contributed by atoms with Crippen molar-refractivity contribution in [2.45, 2.75) is 45.4 Å². The van der Waals surface area contributed by atoms with Gasteiger partial charge in [0.2, 0.25) is 11.8 Å². The molecule has 0 aromatic carbocycles. The summed E-state index contributed by atoms with van der Waals surface area (Å²) in [7, 11) is 0. The number of aliphatic hydroxyl groups excluding tert-OH is 1. The zero-order chi connectivity index (χ0) is 13.4. The molecule has 0 saturated carbocycles. The number of aromatic nitrogens is 2. The van der Waals surface area contributed by atoms with Crippen LogP contribution in [0.1, 0.15) is 50.7 Å². The van der Waals surface area contributed by atoms with Crippen molar-refractivity contribution in [1.82, 2.24) is 15.5 Å². The molecule has 1 rings (SSSR count). The minimum atomic E-state index is -0.00736. The van der Waals surface area contributed by atoms with Gasteiger partial charge in [-0.25, -0.2) is 0 Å². The van der Waals surface area contributed by atoms with Crippen molar-refractivity contribution in [2.24, 2.45) is 0 Å². The summed E-state index contributed by atoms with van der Waals surface area (Å²) in [6.07, 6.45) is 2.33. The largest absolute Gasteiger partial charge is 0.396 e. The first kappa shape index (κ1) is 14.6. The second kappa shape index (κ2) is 7.81. The van der Waals surface area contributed by atoms with Gasteiger partial charge in [-0.3, -0.25) is 4.79 Å². The Bertz CT molecular complexity index is 363. The average molecular weight is 255 g/mol. The van der Waals surface area contributed by atoms with E-state index in [1.165, 1.54) is 0 Å². The molecule has 0 aliphatic heterocycles. The monoisotopic (exact) mass is 255 g/mol. The molecule has 18 heavy (non-hydrogen) atoms. The van der Waals surface area contributed by atoms with Crippen LogP contribution in [-0.2, 0) is 11.2 Å². The van der Waals surface area contributed by atoms with E-state index in [0.717, 1.165) is 0 Å². The molecule has 1 heterocycles. The van der Waals surface area contributed by atoms with Crippen LogP contribution in [0.25, 0.3) is 0 Å². The predicted molar refractivity (Wildman–Crippen MR) is 66.0 cm³/mol. The van der Waals surface area contributed by atoms with Crippen LogP contribution in [0, 0.1) is 0 Å². The fraction of sp³-hybridized carbons (Fsp3) is 0.750. The highest BCUT2D eigenvalue weighted by Crippen LogP contribution is 2.11. The minimum absolute atomic E-state index is 0.00736. The third-order valence-electron chi connectivity index (χ3n) is 2.45. The second-order valence-corrected chi connectivity index (χ2v) is 4.48. The van der Waals surface area contributed by atoms with Gasteiger partial charge in [0.1, 0.15) is 0 Å². The van der Waals surface area contributed by atoms with Gasteiger partial charge in [0.25, 0.3) is 0 Å². The predicted octanol–water partition coefficient (Wildman–Crippen LogP) is 1.01. The van der Waals surface area contributed by atoms with Crippen molar-refractivity contribution in [3.05, 3.63) is 11.7 Å². The molecule has 0 radical (unpaired) electrons. The van der Waals surface area contributed by atoms with E-state index in [1.807, 2.05) is 13.8 Å². The molecule has 6 nitrogen and oxygen atoms in total. The number of nitrogens with zero attached hydrogens (tertiary/aromatic N) is 2. The van der Waals surface area contributed by atoms with Gasteiger partial charge in [-0.15, -0.1) is 0 Å². The number of carbonyl (C=O) groups is 1. The van der Waals surface area contributed by atoms with Crippen molar-refractivity contribution in [3.63, 3.8) is 0 Å². The van der Waals surface area contributed by atoms with E-state index in [9.17, 15) is 4.79 Å². The molecule has 1 aromatic heterocycles. The Labute approximate surface area is 107 Å². The highest BCUT2D eigenvalue weighted by atomic mass is 16.5. The van der Waals surface area contributed by atoms with Crippen LogP contribution in [0.2, 0.25) is 0 Å². The van der Waals surface area contributed by atoms with Gasteiger partial charge in [-0.05, 0) is 12.8 Å². The molecule has 1 amide bonds. The summed E-state index contributed by atoms with van der Waals surface area (Å²) in [6.45, 7) is 4.63. The Balaban J connectivity index is 2.18. The maximum Gasteiger partial charge on any atom is 0.226 e. The quantitative estimate of drug-likeness (QED) is 0.677. The number of carbonyl (C=O) groups excluding carboxylic acids is 1. The summed E-state index contributed by atoms with van der Waals surface area (Å²) in [5, 5.41) is 15.2. The SMILES string of the molecule is CC(C)c1noc(CCCC(=O)NCCCO)n1. The van der Waals surface area contributed by atoms with Gasteiger partial charge in [0.05, 0.1) is 0 Å². The summed E-state index contributed by atoms with van der Waals surface area (Å²) < 4.78 is 5.08. The molecule has 0 atom stereocenters. The summed E-state index contributed by atoms with van der Waals surface area (Å²) in [6, 6.07) is 0. The average Bonchev–Trinajstić information content (AvgIpc) is 2.78. The number of rotatable bonds is 8. The summed E-state index contributed by atoms with van der Waals surface area (Å²) >= 11 is 0. The first-order valence-electron chi connectivity index (χ1n) is 6.33. The molecular formula is C12H21N3O3. The number of aliphatic hydroxyl groups is 1. The lowest BCUT2D eigenvalue weighted by Gasteiger charge is -2.02. The molecule has 1 aromatic rings. The van der Waals surface area contributed by atoms with Crippen LogP contribution in [0.4, 0.5) is 0 Å². The third-order valence-corrected chi connectivity index (χ3v) is 2.45. The highest BCUT2D eigenvalue weighted by molar-refractivity contribution is 5.75. The van der Waals surface area contributed by atoms with Crippen LogP contribution in [-0.4, -0.2) is 34.3 Å². The molecule has 0 aliphatic rings. The molecule has 0 bridgehead atoms. The van der Waals surface area contributed by atoms with Crippen LogP contribution >= 0.6 is 0 Å². The number of hydrogen-bond donors (Lipinski definition) is 2. The van der Waals surface area contributed by atoms with Crippen molar-refractivity contribution in [1.29, 1.82) is 0 Å². The van der Waals surface area contributed by atoms with Crippen molar-refractivity contribution in [3.8, 4) is 0 Å². The van der Waals surface area contributed by atoms with Gasteiger partial charge in [-0.1, -0.05) is 19.0 Å². The molecular weight excluding hydrogens is 234 g/mol. The van der Waals surface area contributed by atoms with E-state index in [-0.39, 0.29) is 18.4 Å². The van der Waals surface area contributed by atoms with Crippen molar-refractivity contribution in [2.75, 3.05) is 13.2 Å². The van der Waals surface area contributed by atoms with Crippen LogP contribution < -0.4 is 5.32 Å². The van der Waals surface area contributed by atoms with Gasteiger partial charge < -0.3 is 14.9 Å². The molecule has 2 N–H and O–H groups in total. The van der Waals surface area contributed by atoms with Crippen LogP contribution in [0.5, 0.6) is 0 Å². The zero-order valence-corrected chi connectivity index (χ0v) is 11.0. The third kappa shape index (κ3) is 5.27. The highest BCUT2D eigenvalue weighted by Gasteiger charge is 2.09. The lowest BCUT2D eigenvalue weighted by Crippen LogP contribution is -2.24. The summed E-state index contributed by atoms with van der Waals surface area (Å²) in [4.78, 5) is 15.6. The number of aryl methyl sites for hydroxylation is 1. The normalized spacial score (nSPS) is 10.9. The smallest absolute Gasteiger partial charge is 0.226 e. The molecule has 0 saturated heterocycles. The molecule has 0 aliphatic carbocycles. The molecule has 6 heteroatoms. The Morgan fingerprint density at radius 1 is 1.44 bits per heavy atom. The van der Waals surface area contributed by atoms with Gasteiger partial charge >= 0.3 is 0 Å². The lowest BCUT2D eigenvalue weighted by molar-refractivity contribution is -0.121. The van der Waals surface area contributed by atoms with E-state index < -0.39 is 0 Å². The van der Waals surface area contributed by atoms with E-state index in [4.69, 9.17) is 9.63 Å². The molecule has 0 spiro atoms. The van der Waals surface area contributed by atoms with E-state index >= 15 is 0 Å². The fourth-order valence-corrected chi connectivity index (χ4v) is 1.40. The van der Waals surface area contributed by atoms with Crippen LogP contribution in [0.15, 0.2) is 4.52 Å². The standard InChI is InChI=1S/C12H21N3O3/c1-9(2)12-14-11(18-15-12)6-3-5-10(17)13-7-4-8-16/h9,16H,3-8H2,1-2H3,(H,13,17). The number of amides is 1. The van der Waals surface area contributed by atoms with E-state index in [2.05, 4.69) is 15.5 Å². The molecule has 0 unspecified atom stereocenters. The Morgan fingerprint density at radius 2 is 2.22 bits per heavy atom. The van der Waals surface area contributed by atoms with Crippen molar-refractivity contribution >= 4 is 5.91 Å². The van der Waals surface area contributed by atoms with E-state index in [0.29, 0.717) is 43.9 Å². The van der Waals surface area contributed by atoms with Gasteiger partial charge in [0.15, 0.2) is 5.82 Å². The first-order valence-corrected chi connectivity index (χ1v) is 6.33. The van der Waals surface area contributed by atoms with Gasteiger partial charge in [0, 0.05) is 31.9 Å². The lowest BCUT2D eigenvalue weighted by atomic mass is 10.2. The number of hydrogen-bond acceptors (Lipinski definition) is 5. The zero-order valence-electron chi connectivity index (χ0n) is 11.0. The van der Waals surface area contributed by atoms with Gasteiger partial charge in [-0.2, -0.15) is 4.98 Å². The Morgan fingerprint density at radius 3 is 2.83 bits per heavy atom. The second-order valence-electron chi connectivity index (χ2n) is 4.48. The van der Waals surface area contributed by atoms with E-state index in [1.54, 1.807) is 0 Å².